The van der Waals surface area contributed by atoms with E-state index in [2.05, 4.69) is 16.2 Å². The molecule has 0 bridgehead atoms. The summed E-state index contributed by atoms with van der Waals surface area (Å²) in [5.41, 5.74) is 7.98. The van der Waals surface area contributed by atoms with Gasteiger partial charge in [0.25, 0.3) is 5.56 Å². The van der Waals surface area contributed by atoms with Crippen molar-refractivity contribution in [3.8, 4) is 23.4 Å². The smallest absolute Gasteiger partial charge is 0.274 e. The van der Waals surface area contributed by atoms with Crippen molar-refractivity contribution in [3.05, 3.63) is 87.8 Å². The molecule has 4 aromatic rings. The quantitative estimate of drug-likeness (QED) is 0.585. The van der Waals surface area contributed by atoms with Gasteiger partial charge in [-0.25, -0.2) is 9.67 Å². The van der Waals surface area contributed by atoms with Crippen molar-refractivity contribution in [2.24, 2.45) is 0 Å². The number of nitrogen functional groups attached to an aromatic ring is 1. The minimum absolute atomic E-state index is 0.145. The molecule has 138 valence electrons. The minimum atomic E-state index is -0.240. The lowest BCUT2D eigenvalue weighted by Crippen LogP contribution is -2.24. The Morgan fingerprint density at radius 2 is 1.66 bits per heavy atom. The van der Waals surface area contributed by atoms with Crippen LogP contribution in [0.25, 0.3) is 22.0 Å². The maximum absolute atomic E-state index is 13.0. The summed E-state index contributed by atoms with van der Waals surface area (Å²) in [7, 11) is 0. The summed E-state index contributed by atoms with van der Waals surface area (Å²) < 4.78 is 1.36. The largest absolute Gasteiger partial charge is 0.384 e. The highest BCUT2D eigenvalue weighted by Crippen LogP contribution is 2.27. The molecular weight excluding hydrogens is 364 g/mol. The Labute approximate surface area is 165 Å². The Morgan fingerprint density at radius 1 is 0.931 bits per heavy atom. The zero-order valence-electron chi connectivity index (χ0n) is 15.2. The molecular formula is C22H14N6O. The molecule has 0 aliphatic rings. The fourth-order valence-electron chi connectivity index (χ4n) is 3.15. The van der Waals surface area contributed by atoms with E-state index >= 15 is 0 Å². The number of anilines is 1. The molecule has 0 aliphatic carbocycles. The van der Waals surface area contributed by atoms with Crippen molar-refractivity contribution in [2.75, 3.05) is 5.73 Å². The molecule has 0 aliphatic heterocycles. The van der Waals surface area contributed by atoms with E-state index in [9.17, 15) is 10.1 Å². The molecule has 2 aromatic heterocycles. The average molecular weight is 378 g/mol. The number of rotatable bonds is 3. The molecule has 0 spiro atoms. The Morgan fingerprint density at radius 3 is 2.34 bits per heavy atom. The highest BCUT2D eigenvalue weighted by molar-refractivity contribution is 5.94. The summed E-state index contributed by atoms with van der Waals surface area (Å²) >= 11 is 0. The second kappa shape index (κ2) is 7.26. The van der Waals surface area contributed by atoms with Gasteiger partial charge in [-0.3, -0.25) is 4.79 Å². The third-order valence-corrected chi connectivity index (χ3v) is 4.56. The second-order valence-corrected chi connectivity index (χ2v) is 6.41. The van der Waals surface area contributed by atoms with Gasteiger partial charge in [-0.1, -0.05) is 30.3 Å². The molecule has 7 nitrogen and oxygen atoms in total. The van der Waals surface area contributed by atoms with Crippen molar-refractivity contribution >= 4 is 16.6 Å². The van der Waals surface area contributed by atoms with Gasteiger partial charge in [-0.05, 0) is 35.9 Å². The molecule has 4 rings (SSSR count). The van der Waals surface area contributed by atoms with Crippen molar-refractivity contribution in [1.82, 2.24) is 14.8 Å². The van der Waals surface area contributed by atoms with Crippen molar-refractivity contribution in [2.45, 2.75) is 6.54 Å². The van der Waals surface area contributed by atoms with Gasteiger partial charge in [0.1, 0.15) is 17.6 Å². The van der Waals surface area contributed by atoms with E-state index in [4.69, 9.17) is 11.0 Å². The molecule has 2 heterocycles. The number of hydrogen-bond donors (Lipinski definition) is 1. The number of nitrogens with zero attached hydrogens (tertiary/aromatic N) is 5. The fraction of sp³-hybridized carbons (Fsp3) is 0.0455. The molecule has 0 saturated carbocycles. The summed E-state index contributed by atoms with van der Waals surface area (Å²) in [6.45, 7) is 0.229. The van der Waals surface area contributed by atoms with E-state index in [0.717, 1.165) is 5.56 Å². The van der Waals surface area contributed by atoms with Gasteiger partial charge in [0.15, 0.2) is 5.69 Å². The Kier molecular flexibility index (Phi) is 4.48. The van der Waals surface area contributed by atoms with Crippen LogP contribution >= 0.6 is 0 Å². The van der Waals surface area contributed by atoms with Crippen LogP contribution in [0.2, 0.25) is 0 Å². The third kappa shape index (κ3) is 3.29. The number of pyridine rings is 1. The molecule has 0 radical (unpaired) electrons. The summed E-state index contributed by atoms with van der Waals surface area (Å²) in [4.78, 5) is 17.1. The summed E-state index contributed by atoms with van der Waals surface area (Å²) in [5, 5.41) is 24.1. The lowest BCUT2D eigenvalue weighted by molar-refractivity contribution is 0.651. The second-order valence-electron chi connectivity index (χ2n) is 6.41. The highest BCUT2D eigenvalue weighted by atomic mass is 16.1. The maximum atomic E-state index is 13.0. The monoisotopic (exact) mass is 378 g/mol. The van der Waals surface area contributed by atoms with Gasteiger partial charge in [0.05, 0.1) is 23.6 Å². The average Bonchev–Trinajstić information content (AvgIpc) is 2.76. The van der Waals surface area contributed by atoms with Crippen LogP contribution in [0.5, 0.6) is 0 Å². The minimum Gasteiger partial charge on any atom is -0.384 e. The molecule has 0 atom stereocenters. The molecule has 7 heteroatoms. The van der Waals surface area contributed by atoms with Crippen molar-refractivity contribution < 1.29 is 0 Å². The van der Waals surface area contributed by atoms with Gasteiger partial charge in [-0.2, -0.15) is 15.6 Å². The van der Waals surface area contributed by atoms with E-state index < -0.39 is 0 Å². The summed E-state index contributed by atoms with van der Waals surface area (Å²) in [6.07, 6.45) is 0. The highest BCUT2D eigenvalue weighted by Gasteiger charge is 2.16. The van der Waals surface area contributed by atoms with Crippen LogP contribution in [-0.4, -0.2) is 14.8 Å². The Bertz CT molecular complexity index is 1370. The van der Waals surface area contributed by atoms with E-state index in [-0.39, 0.29) is 23.6 Å². The molecule has 0 unspecified atom stereocenters. The van der Waals surface area contributed by atoms with Gasteiger partial charge in [0.2, 0.25) is 0 Å². The topological polar surface area (TPSA) is 121 Å². The third-order valence-electron chi connectivity index (χ3n) is 4.56. The summed E-state index contributed by atoms with van der Waals surface area (Å²) in [6, 6.07) is 21.5. The van der Waals surface area contributed by atoms with Gasteiger partial charge in [-0.15, -0.1) is 0 Å². The zero-order valence-corrected chi connectivity index (χ0v) is 15.2. The standard InChI is InChI=1S/C22H14N6O/c23-11-14-5-7-15(8-6-14)13-28-22(29)17-4-2-1-3-16(17)21(27-28)18-9-10-20(25)26-19(18)12-24/h1-10H,13H2,(H2,25,26). The van der Waals surface area contributed by atoms with Crippen LogP contribution in [0.15, 0.2) is 65.5 Å². The van der Waals surface area contributed by atoms with Crippen molar-refractivity contribution in [3.63, 3.8) is 0 Å². The first-order valence-corrected chi connectivity index (χ1v) is 8.76. The van der Waals surface area contributed by atoms with Crippen molar-refractivity contribution in [1.29, 1.82) is 10.5 Å². The number of nitriles is 2. The molecule has 2 aromatic carbocycles. The first-order chi connectivity index (χ1) is 14.1. The van der Waals surface area contributed by atoms with E-state index in [1.165, 1.54) is 4.68 Å². The lowest BCUT2D eigenvalue weighted by atomic mass is 10.0. The number of benzene rings is 2. The Balaban J connectivity index is 1.93. The predicted molar refractivity (Wildman–Crippen MR) is 109 cm³/mol. The first-order valence-electron chi connectivity index (χ1n) is 8.76. The van der Waals surface area contributed by atoms with E-state index in [1.54, 1.807) is 54.6 Å². The Hall–Kier alpha value is -4.49. The SMILES string of the molecule is N#Cc1ccc(Cn2nc(-c3ccc(N)nc3C#N)c3ccccc3c2=O)cc1. The summed E-state index contributed by atoms with van der Waals surface area (Å²) in [5.74, 6) is 0.237. The van der Waals surface area contributed by atoms with Gasteiger partial charge < -0.3 is 5.73 Å². The predicted octanol–water partition coefficient (Wildman–Crippen LogP) is 2.83. The van der Waals surface area contributed by atoms with Gasteiger partial charge in [0, 0.05) is 10.9 Å². The van der Waals surface area contributed by atoms with E-state index in [1.807, 2.05) is 12.1 Å². The van der Waals surface area contributed by atoms with Crippen LogP contribution in [0.1, 0.15) is 16.8 Å². The van der Waals surface area contributed by atoms with Crippen LogP contribution in [0.4, 0.5) is 5.82 Å². The number of fused-ring (bicyclic) bond motifs is 1. The van der Waals surface area contributed by atoms with E-state index in [0.29, 0.717) is 27.6 Å². The number of hydrogen-bond acceptors (Lipinski definition) is 6. The lowest BCUT2D eigenvalue weighted by Gasteiger charge is -2.12. The normalized spacial score (nSPS) is 10.4. The molecule has 0 fully saturated rings. The van der Waals surface area contributed by atoms with Crippen LogP contribution in [0, 0.1) is 22.7 Å². The maximum Gasteiger partial charge on any atom is 0.274 e. The molecule has 2 N–H and O–H groups in total. The molecule has 29 heavy (non-hydrogen) atoms. The first kappa shape index (κ1) is 17.9. The van der Waals surface area contributed by atoms with Crippen LogP contribution in [-0.2, 0) is 6.54 Å². The number of nitrogens with two attached hydrogens (primary N) is 1. The van der Waals surface area contributed by atoms with Gasteiger partial charge >= 0.3 is 0 Å². The van der Waals surface area contributed by atoms with Crippen LogP contribution in [0.3, 0.4) is 0 Å². The zero-order chi connectivity index (χ0) is 20.4. The fourth-order valence-corrected chi connectivity index (χ4v) is 3.15. The molecule has 0 amide bonds. The molecule has 0 saturated heterocycles. The number of aromatic nitrogens is 3. The van der Waals surface area contributed by atoms with Crippen LogP contribution < -0.4 is 11.3 Å².